The van der Waals surface area contributed by atoms with Crippen LogP contribution in [0.25, 0.3) is 94.3 Å². The number of rotatable bonds is 14. The van der Waals surface area contributed by atoms with Gasteiger partial charge in [-0.3, -0.25) is 0 Å². The van der Waals surface area contributed by atoms with Crippen molar-refractivity contribution in [1.82, 2.24) is 4.57 Å². The lowest BCUT2D eigenvalue weighted by Gasteiger charge is -2.45. The van der Waals surface area contributed by atoms with Crippen molar-refractivity contribution in [3.63, 3.8) is 0 Å². The summed E-state index contributed by atoms with van der Waals surface area (Å²) in [6.07, 6.45) is 0.551. The number of aromatic nitrogens is 1. The Bertz CT molecular complexity index is 6720. The van der Waals surface area contributed by atoms with Gasteiger partial charge in [-0.05, 0) is 237 Å². The molecule has 0 radical (unpaired) electrons. The van der Waals surface area contributed by atoms with Gasteiger partial charge in [-0.15, -0.1) is 0 Å². The van der Waals surface area contributed by atoms with E-state index in [4.69, 9.17) is 2.74 Å². The maximum absolute atomic E-state index is 9.87. The zero-order valence-corrected chi connectivity index (χ0v) is 63.5. The Balaban J connectivity index is 0.910. The summed E-state index contributed by atoms with van der Waals surface area (Å²) in [5.74, 6) is -0.303. The molecule has 0 amide bonds. The quantitative estimate of drug-likeness (QED) is 0.101. The highest BCUT2D eigenvalue weighted by Gasteiger charge is 2.45. The second kappa shape index (κ2) is 27.4. The molecule has 0 fully saturated rings. The number of fused-ring (bicyclic) bond motifs is 10. The molecule has 2 aliphatic heterocycles. The first-order chi connectivity index (χ1) is 58.1. The van der Waals surface area contributed by atoms with Crippen molar-refractivity contribution in [3.05, 3.63) is 409 Å². The Labute approximate surface area is 669 Å². The van der Waals surface area contributed by atoms with Crippen LogP contribution in [0.1, 0.15) is 91.8 Å². The minimum Gasteiger partial charge on any atom is -0.342 e. The summed E-state index contributed by atoms with van der Waals surface area (Å²) in [6, 6.07) is 116. The Hall–Kier alpha value is -13.2. The van der Waals surface area contributed by atoms with E-state index in [0.29, 0.717) is 18.7 Å². The summed E-state index contributed by atoms with van der Waals surface area (Å²) < 4.78 is 77.5. The number of nitrogens with zero attached hydrogens (tertiary/aromatic N) is 4. The molecule has 1 atom stereocenters. The second-order valence-electron chi connectivity index (χ2n) is 32.2. The average molecular weight is 1450 g/mol. The van der Waals surface area contributed by atoms with Crippen LogP contribution in [0.5, 0.6) is 0 Å². The monoisotopic (exact) mass is 1440 g/mol. The molecule has 4 nitrogen and oxygen atoms in total. The molecule has 536 valence electrons. The van der Waals surface area contributed by atoms with Gasteiger partial charge in [-0.1, -0.05) is 314 Å². The lowest BCUT2D eigenvalue weighted by molar-refractivity contribution is 0.569. The van der Waals surface area contributed by atoms with Crippen LogP contribution in [0.2, 0.25) is 0 Å². The fraction of sp³-hybridized carbons (Fsp3) is 0.103. The standard InChI is InChI=1S/C107H85BN4/c1-106(2,3)83-61-81(62-84(68-83)107(4,5)6)76-49-53-97-101(65-76)112(89-63-79(74-35-17-9-18-36-74)60-80(64-89)75-37-19-10-20-38-75)103-67-82(104-93-46-26-25-43-90(93)95-69-87(50-52-94(95)104)110(85-39-21-11-22-40-85)86-41-23-12-24-42-86)66-102-105(103)108(97)96-54-51-88(111-98-47-29-27-44-91(98)92-45-28-30-48-99(92)111)70-100(96)109(102)56-55-71-57-77(72-31-13-7-14-32-72)59-78(58-71)73-33-15-8-16-34-73/h7-54,57-70,104H,55-56H2,1-6H3/i27D,28D,29D,30D,44D,45D,47D,48D. The van der Waals surface area contributed by atoms with Crippen LogP contribution in [0, 0.1) is 0 Å². The summed E-state index contributed by atoms with van der Waals surface area (Å²) >= 11 is 0. The minimum atomic E-state index is -0.493. The third kappa shape index (κ3) is 12.0. The molecule has 112 heavy (non-hydrogen) atoms. The summed E-state index contributed by atoms with van der Waals surface area (Å²) in [6.45, 7) is 13.8. The third-order valence-corrected chi connectivity index (χ3v) is 23.2. The van der Waals surface area contributed by atoms with Crippen molar-refractivity contribution in [1.29, 1.82) is 0 Å². The van der Waals surface area contributed by atoms with Crippen molar-refractivity contribution in [2.45, 2.75) is 64.7 Å². The third-order valence-electron chi connectivity index (χ3n) is 23.2. The van der Waals surface area contributed by atoms with Crippen LogP contribution in [0.4, 0.5) is 45.5 Å². The van der Waals surface area contributed by atoms with E-state index in [0.717, 1.165) is 145 Å². The fourth-order valence-corrected chi connectivity index (χ4v) is 17.7. The fourth-order valence-electron chi connectivity index (χ4n) is 17.7. The molecule has 0 spiro atoms. The van der Waals surface area contributed by atoms with Gasteiger partial charge in [-0.2, -0.15) is 0 Å². The largest absolute Gasteiger partial charge is 0.342 e. The molecule has 3 aliphatic rings. The van der Waals surface area contributed by atoms with E-state index in [-0.39, 0.29) is 62.7 Å². The predicted molar refractivity (Wildman–Crippen MR) is 476 cm³/mol. The molecule has 0 N–H and O–H groups in total. The Kier molecular flexibility index (Phi) is 14.6. The van der Waals surface area contributed by atoms with Gasteiger partial charge in [0.15, 0.2) is 0 Å². The van der Waals surface area contributed by atoms with Crippen molar-refractivity contribution in [2.75, 3.05) is 21.2 Å². The first-order valence-corrected chi connectivity index (χ1v) is 39.0. The van der Waals surface area contributed by atoms with Crippen LogP contribution in [-0.2, 0) is 17.3 Å². The molecular weight excluding hydrogens is 1350 g/mol. The van der Waals surface area contributed by atoms with Crippen LogP contribution in [-0.4, -0.2) is 17.8 Å². The molecule has 20 rings (SSSR count). The molecular formula is C107H85BN4. The Morgan fingerprint density at radius 3 is 1.38 bits per heavy atom. The van der Waals surface area contributed by atoms with E-state index in [1.54, 1.807) is 4.57 Å². The highest BCUT2D eigenvalue weighted by atomic mass is 15.2. The zero-order valence-electron chi connectivity index (χ0n) is 71.5. The normalized spacial score (nSPS) is 14.4. The van der Waals surface area contributed by atoms with E-state index in [1.165, 1.54) is 16.7 Å². The van der Waals surface area contributed by atoms with Crippen molar-refractivity contribution >= 4 is 90.4 Å². The van der Waals surface area contributed by atoms with Crippen LogP contribution in [0.3, 0.4) is 0 Å². The van der Waals surface area contributed by atoms with E-state index >= 15 is 0 Å². The molecule has 17 aromatic rings. The van der Waals surface area contributed by atoms with Crippen LogP contribution < -0.4 is 31.1 Å². The van der Waals surface area contributed by atoms with Gasteiger partial charge in [0.1, 0.15) is 0 Å². The predicted octanol–water partition coefficient (Wildman–Crippen LogP) is 26.3. The molecule has 1 aromatic heterocycles. The van der Waals surface area contributed by atoms with Crippen LogP contribution in [0.15, 0.2) is 376 Å². The molecule has 16 aromatic carbocycles. The van der Waals surface area contributed by atoms with Gasteiger partial charge in [0.05, 0.1) is 22.0 Å². The minimum absolute atomic E-state index is 0.0216. The molecule has 0 saturated carbocycles. The number of hydrogen-bond donors (Lipinski definition) is 0. The maximum Gasteiger partial charge on any atom is 0.252 e. The first kappa shape index (κ1) is 59.7. The van der Waals surface area contributed by atoms with Gasteiger partial charge >= 0.3 is 0 Å². The van der Waals surface area contributed by atoms with E-state index < -0.39 is 30.9 Å². The lowest BCUT2D eigenvalue weighted by atomic mass is 9.33. The van der Waals surface area contributed by atoms with Gasteiger partial charge in [-0.25, -0.2) is 0 Å². The molecule has 5 heteroatoms. The molecule has 0 saturated heterocycles. The SMILES string of the molecule is [2H]c1c([2H])c([2H])c2c(c1[2H])c1c([2H])c([2H])c([2H])c([2H])c1n2-c1ccc2c(c1)N(CCc1cc(-c3ccccc3)cc(-c3ccccc3)c1)c1cc(C3c4ccccc4-c4cc(N(c5ccccc5)c5ccccc5)ccc43)cc3c1B2c1ccc(-c2cc(C(C)(C)C)cc(C(C)(C)C)c2)cc1N3c1cc(-c2ccccc2)cc(-c2ccccc2)c1. The summed E-state index contributed by atoms with van der Waals surface area (Å²) in [5, 5.41) is 0.0432. The van der Waals surface area contributed by atoms with Gasteiger partial charge < -0.3 is 19.3 Å². The summed E-state index contributed by atoms with van der Waals surface area (Å²) in [5.41, 5.74) is 31.4. The van der Waals surface area contributed by atoms with Gasteiger partial charge in [0.2, 0.25) is 0 Å². The first-order valence-electron chi connectivity index (χ1n) is 43.0. The number of anilines is 8. The highest BCUT2D eigenvalue weighted by Crippen LogP contribution is 2.54. The zero-order chi connectivity index (χ0) is 82.3. The van der Waals surface area contributed by atoms with Gasteiger partial charge in [0.25, 0.3) is 6.71 Å². The number of benzene rings is 16. The lowest BCUT2D eigenvalue weighted by Crippen LogP contribution is -2.62. The Morgan fingerprint density at radius 2 is 0.821 bits per heavy atom. The summed E-state index contributed by atoms with van der Waals surface area (Å²) in [4.78, 5) is 7.41. The number of hydrogen-bond acceptors (Lipinski definition) is 3. The number of para-hydroxylation sites is 4. The molecule has 1 unspecified atom stereocenters. The topological polar surface area (TPSA) is 14.7 Å². The van der Waals surface area contributed by atoms with E-state index in [2.05, 4.69) is 378 Å². The maximum atomic E-state index is 9.87. The summed E-state index contributed by atoms with van der Waals surface area (Å²) in [7, 11) is 0. The average Bonchev–Trinajstić information content (AvgIpc) is 1.30. The van der Waals surface area contributed by atoms with E-state index in [1.807, 2.05) is 6.07 Å². The Morgan fingerprint density at radius 1 is 0.348 bits per heavy atom. The van der Waals surface area contributed by atoms with Gasteiger partial charge in [0, 0.05) is 74.4 Å². The molecule has 3 heterocycles. The van der Waals surface area contributed by atoms with Crippen LogP contribution >= 0.6 is 0 Å². The van der Waals surface area contributed by atoms with E-state index in [9.17, 15) is 8.22 Å². The van der Waals surface area contributed by atoms with Crippen molar-refractivity contribution < 1.29 is 11.0 Å². The molecule has 1 aliphatic carbocycles. The van der Waals surface area contributed by atoms with Crippen molar-refractivity contribution in [3.8, 4) is 72.4 Å². The smallest absolute Gasteiger partial charge is 0.252 e. The highest BCUT2D eigenvalue weighted by molar-refractivity contribution is 7.00. The van der Waals surface area contributed by atoms with Crippen molar-refractivity contribution in [2.24, 2.45) is 0 Å². The second-order valence-corrected chi connectivity index (χ2v) is 32.2. The molecule has 0 bridgehead atoms.